The Morgan fingerprint density at radius 3 is 2.32 bits per heavy atom. The van der Waals surface area contributed by atoms with Crippen LogP contribution in [-0.2, 0) is 6.42 Å². The zero-order valence-corrected chi connectivity index (χ0v) is 16.9. The summed E-state index contributed by atoms with van der Waals surface area (Å²) in [7, 11) is 0. The molecule has 28 heavy (non-hydrogen) atoms. The van der Waals surface area contributed by atoms with E-state index in [-0.39, 0.29) is 5.82 Å². The van der Waals surface area contributed by atoms with E-state index < -0.39 is 0 Å². The number of rotatable bonds is 6. The van der Waals surface area contributed by atoms with Gasteiger partial charge < -0.3 is 4.90 Å². The molecular weight excluding hydrogens is 369 g/mol. The second-order valence-electron chi connectivity index (χ2n) is 6.65. The van der Waals surface area contributed by atoms with Crippen LogP contribution in [0.4, 0.5) is 15.8 Å². The van der Waals surface area contributed by atoms with Crippen molar-refractivity contribution in [2.75, 3.05) is 4.90 Å². The highest BCUT2D eigenvalue weighted by molar-refractivity contribution is 6.30. The fourth-order valence-corrected chi connectivity index (χ4v) is 3.33. The van der Waals surface area contributed by atoms with Gasteiger partial charge in [-0.2, -0.15) is 0 Å². The van der Waals surface area contributed by atoms with E-state index in [0.717, 1.165) is 33.9 Å². The third kappa shape index (κ3) is 4.52. The summed E-state index contributed by atoms with van der Waals surface area (Å²) in [6.07, 6.45) is 4.72. The van der Waals surface area contributed by atoms with Crippen LogP contribution in [0.15, 0.2) is 85.6 Å². The van der Waals surface area contributed by atoms with Gasteiger partial charge in [0, 0.05) is 22.6 Å². The largest absolute Gasteiger partial charge is 0.317 e. The van der Waals surface area contributed by atoms with E-state index in [0.29, 0.717) is 0 Å². The molecule has 0 aromatic heterocycles. The van der Waals surface area contributed by atoms with Gasteiger partial charge in [-0.15, -0.1) is 0 Å². The maximum Gasteiger partial charge on any atom is 0.123 e. The number of hydrogen-bond acceptors (Lipinski definition) is 1. The third-order valence-electron chi connectivity index (χ3n) is 4.78. The molecule has 0 N–H and O–H groups in total. The molecule has 0 saturated heterocycles. The highest BCUT2D eigenvalue weighted by Gasteiger charge is 2.12. The lowest BCUT2D eigenvalue weighted by atomic mass is 9.96. The second-order valence-corrected chi connectivity index (χ2v) is 7.08. The van der Waals surface area contributed by atoms with Crippen molar-refractivity contribution in [3.63, 3.8) is 0 Å². The SMILES string of the molecule is C=CN(c1ccc(F)cc1)c1cc(/C(=C/C)Cc2ccc(Cl)cc2)ccc1C. The van der Waals surface area contributed by atoms with E-state index in [1.807, 2.05) is 17.0 Å². The molecule has 3 aromatic carbocycles. The summed E-state index contributed by atoms with van der Waals surface area (Å²) >= 11 is 6.00. The topological polar surface area (TPSA) is 3.24 Å². The average Bonchev–Trinajstić information content (AvgIpc) is 2.71. The highest BCUT2D eigenvalue weighted by Crippen LogP contribution is 2.32. The van der Waals surface area contributed by atoms with Crippen molar-refractivity contribution in [2.45, 2.75) is 20.3 Å². The Kier molecular flexibility index (Phi) is 6.33. The molecule has 0 aliphatic heterocycles. The minimum atomic E-state index is -0.252. The highest BCUT2D eigenvalue weighted by atomic mass is 35.5. The number of halogens is 2. The first-order valence-electron chi connectivity index (χ1n) is 9.20. The zero-order valence-electron chi connectivity index (χ0n) is 16.1. The Bertz CT molecular complexity index is 988. The summed E-state index contributed by atoms with van der Waals surface area (Å²) in [6.45, 7) is 8.07. The first kappa shape index (κ1) is 19.9. The number of benzene rings is 3. The minimum absolute atomic E-state index is 0.252. The van der Waals surface area contributed by atoms with Crippen LogP contribution in [0.25, 0.3) is 5.57 Å². The molecule has 0 atom stereocenters. The van der Waals surface area contributed by atoms with Gasteiger partial charge in [-0.25, -0.2) is 4.39 Å². The van der Waals surface area contributed by atoms with Crippen LogP contribution >= 0.6 is 11.6 Å². The Balaban J connectivity index is 1.96. The summed E-state index contributed by atoms with van der Waals surface area (Å²) in [5.41, 5.74) is 6.60. The van der Waals surface area contributed by atoms with Gasteiger partial charge >= 0.3 is 0 Å². The molecule has 0 fully saturated rings. The van der Waals surface area contributed by atoms with Crippen LogP contribution in [0.3, 0.4) is 0 Å². The molecule has 0 unspecified atom stereocenters. The zero-order chi connectivity index (χ0) is 20.1. The van der Waals surface area contributed by atoms with Crippen LogP contribution in [0.2, 0.25) is 5.02 Å². The molecule has 3 heteroatoms. The van der Waals surface area contributed by atoms with Gasteiger partial charge in [0.1, 0.15) is 5.82 Å². The summed E-state index contributed by atoms with van der Waals surface area (Å²) in [4.78, 5) is 1.98. The molecule has 0 saturated carbocycles. The second kappa shape index (κ2) is 8.90. The van der Waals surface area contributed by atoms with Gasteiger partial charge in [0.05, 0.1) is 0 Å². The normalized spacial score (nSPS) is 11.4. The van der Waals surface area contributed by atoms with Crippen LogP contribution in [-0.4, -0.2) is 0 Å². The van der Waals surface area contributed by atoms with Crippen LogP contribution < -0.4 is 4.90 Å². The number of allylic oxidation sites excluding steroid dienone is 2. The smallest absolute Gasteiger partial charge is 0.123 e. The third-order valence-corrected chi connectivity index (χ3v) is 5.04. The Morgan fingerprint density at radius 2 is 1.71 bits per heavy atom. The standard InChI is InChI=1S/C25H23ClFN/c1-4-20(16-19-7-10-22(26)11-8-19)21-9-6-18(3)25(17-21)28(5-2)24-14-12-23(27)13-15-24/h4-15,17H,2,16H2,1,3H3/b20-4+. The summed E-state index contributed by atoms with van der Waals surface area (Å²) in [5, 5.41) is 0.740. The molecule has 0 bridgehead atoms. The summed E-state index contributed by atoms with van der Waals surface area (Å²) < 4.78 is 13.3. The van der Waals surface area contributed by atoms with Gasteiger partial charge in [0.2, 0.25) is 0 Å². The Labute approximate surface area is 171 Å². The van der Waals surface area contributed by atoms with Crippen molar-refractivity contribution in [3.05, 3.63) is 113 Å². The summed E-state index contributed by atoms with van der Waals surface area (Å²) in [6, 6.07) is 20.8. The van der Waals surface area contributed by atoms with E-state index in [1.54, 1.807) is 18.3 Å². The predicted octanol–water partition coefficient (Wildman–Crippen LogP) is 7.72. The van der Waals surface area contributed by atoms with Crippen molar-refractivity contribution in [1.29, 1.82) is 0 Å². The van der Waals surface area contributed by atoms with Crippen LogP contribution in [0, 0.1) is 12.7 Å². The lowest BCUT2D eigenvalue weighted by molar-refractivity contribution is 0.628. The van der Waals surface area contributed by atoms with Crippen LogP contribution in [0.1, 0.15) is 23.6 Å². The van der Waals surface area contributed by atoms with Crippen molar-refractivity contribution < 1.29 is 4.39 Å². The summed E-state index contributed by atoms with van der Waals surface area (Å²) in [5.74, 6) is -0.252. The van der Waals surface area contributed by atoms with E-state index in [2.05, 4.69) is 56.8 Å². The lowest BCUT2D eigenvalue weighted by Crippen LogP contribution is -2.10. The average molecular weight is 392 g/mol. The van der Waals surface area contributed by atoms with Crippen molar-refractivity contribution in [2.24, 2.45) is 0 Å². The number of nitrogens with zero attached hydrogens (tertiary/aromatic N) is 1. The van der Waals surface area contributed by atoms with Gasteiger partial charge in [-0.05, 0) is 85.0 Å². The molecule has 0 heterocycles. The van der Waals surface area contributed by atoms with E-state index in [1.165, 1.54) is 23.3 Å². The quantitative estimate of drug-likeness (QED) is 0.415. The molecule has 0 aliphatic rings. The molecular formula is C25H23ClFN. The van der Waals surface area contributed by atoms with Crippen molar-refractivity contribution >= 4 is 28.5 Å². The minimum Gasteiger partial charge on any atom is -0.317 e. The van der Waals surface area contributed by atoms with Crippen LogP contribution in [0.5, 0.6) is 0 Å². The first-order valence-corrected chi connectivity index (χ1v) is 9.57. The van der Waals surface area contributed by atoms with Gasteiger partial charge in [0.15, 0.2) is 0 Å². The maximum absolute atomic E-state index is 13.3. The van der Waals surface area contributed by atoms with E-state index in [4.69, 9.17) is 11.6 Å². The van der Waals surface area contributed by atoms with E-state index >= 15 is 0 Å². The molecule has 0 radical (unpaired) electrons. The maximum atomic E-state index is 13.3. The first-order chi connectivity index (χ1) is 13.5. The molecule has 0 spiro atoms. The molecule has 142 valence electrons. The van der Waals surface area contributed by atoms with Crippen molar-refractivity contribution in [1.82, 2.24) is 0 Å². The number of hydrogen-bond donors (Lipinski definition) is 0. The lowest BCUT2D eigenvalue weighted by Gasteiger charge is -2.23. The Morgan fingerprint density at radius 1 is 1.04 bits per heavy atom. The molecule has 1 nitrogen and oxygen atoms in total. The predicted molar refractivity (Wildman–Crippen MR) is 119 cm³/mol. The molecule has 3 aromatic rings. The molecule has 3 rings (SSSR count). The van der Waals surface area contributed by atoms with E-state index in [9.17, 15) is 4.39 Å². The molecule has 0 aliphatic carbocycles. The fraction of sp³-hybridized carbons (Fsp3) is 0.120. The number of anilines is 2. The Hall–Kier alpha value is -2.84. The van der Waals surface area contributed by atoms with Gasteiger partial charge in [0.25, 0.3) is 0 Å². The monoisotopic (exact) mass is 391 g/mol. The van der Waals surface area contributed by atoms with Crippen molar-refractivity contribution in [3.8, 4) is 0 Å². The fourth-order valence-electron chi connectivity index (χ4n) is 3.21. The van der Waals surface area contributed by atoms with Gasteiger partial charge in [-0.3, -0.25) is 0 Å². The molecule has 0 amide bonds. The van der Waals surface area contributed by atoms with Gasteiger partial charge in [-0.1, -0.05) is 48.5 Å². The number of aryl methyl sites for hydroxylation is 1.